The van der Waals surface area contributed by atoms with Crippen LogP contribution in [-0.2, 0) is 32.1 Å². The Balaban J connectivity index is 0.00000101. The van der Waals surface area contributed by atoms with Crippen molar-refractivity contribution in [3.63, 3.8) is 0 Å². The van der Waals surface area contributed by atoms with Crippen LogP contribution < -0.4 is 10.2 Å². The molecule has 1 aliphatic rings. The zero-order valence-corrected chi connectivity index (χ0v) is 17.6. The van der Waals surface area contributed by atoms with Crippen molar-refractivity contribution in [3.05, 3.63) is 40.9 Å². The van der Waals surface area contributed by atoms with Crippen molar-refractivity contribution in [1.29, 1.82) is 0 Å². The van der Waals surface area contributed by atoms with E-state index in [0.29, 0.717) is 31.4 Å². The zero-order valence-electron chi connectivity index (χ0n) is 16.8. The first-order valence-corrected chi connectivity index (χ1v) is 10.5. The molecule has 1 unspecified atom stereocenters. The van der Waals surface area contributed by atoms with Crippen LogP contribution in [0.5, 0.6) is 0 Å². The van der Waals surface area contributed by atoms with Gasteiger partial charge < -0.3 is 15.2 Å². The molecular formula is C20H26N4O5S. The Hall–Kier alpha value is -2.85. The molecule has 2 amide bonds. The molecule has 10 heteroatoms. The zero-order chi connectivity index (χ0) is 21.8. The molecule has 0 bridgehead atoms. The SMILES string of the molecule is CCCc1nnc(N2CC(C(=O)NCCOCc3ccccc3)CC2=O)s1.O=CO. The van der Waals surface area contributed by atoms with Gasteiger partial charge in [-0.15, -0.1) is 10.2 Å². The summed E-state index contributed by atoms with van der Waals surface area (Å²) in [5, 5.41) is 19.5. The van der Waals surface area contributed by atoms with E-state index in [9.17, 15) is 9.59 Å². The van der Waals surface area contributed by atoms with Crippen molar-refractivity contribution < 1.29 is 24.2 Å². The van der Waals surface area contributed by atoms with Crippen LogP contribution in [-0.4, -0.2) is 53.3 Å². The highest BCUT2D eigenvalue weighted by Crippen LogP contribution is 2.28. The minimum atomic E-state index is -0.356. The number of amides is 2. The molecule has 162 valence electrons. The summed E-state index contributed by atoms with van der Waals surface area (Å²) in [5.41, 5.74) is 1.10. The number of carboxylic acid groups (broad SMARTS) is 1. The number of aryl methyl sites for hydroxylation is 1. The minimum absolute atomic E-state index is 0.0744. The average molecular weight is 435 g/mol. The van der Waals surface area contributed by atoms with Crippen LogP contribution >= 0.6 is 11.3 Å². The van der Waals surface area contributed by atoms with Gasteiger partial charge in [-0.1, -0.05) is 48.6 Å². The van der Waals surface area contributed by atoms with Crippen LogP contribution in [0, 0.1) is 5.92 Å². The Morgan fingerprint density at radius 1 is 1.37 bits per heavy atom. The largest absolute Gasteiger partial charge is 0.483 e. The van der Waals surface area contributed by atoms with Crippen LogP contribution in [0.4, 0.5) is 5.13 Å². The molecule has 3 rings (SSSR count). The van der Waals surface area contributed by atoms with E-state index in [4.69, 9.17) is 14.6 Å². The number of nitrogens with one attached hydrogen (secondary N) is 1. The summed E-state index contributed by atoms with van der Waals surface area (Å²) in [4.78, 5) is 34.5. The molecule has 1 aromatic heterocycles. The van der Waals surface area contributed by atoms with Gasteiger partial charge in [-0.25, -0.2) is 0 Å². The Morgan fingerprint density at radius 2 is 2.10 bits per heavy atom. The van der Waals surface area contributed by atoms with Crippen LogP contribution in [0.1, 0.15) is 30.3 Å². The molecule has 2 aromatic rings. The van der Waals surface area contributed by atoms with Crippen LogP contribution in [0.3, 0.4) is 0 Å². The number of rotatable bonds is 9. The number of benzene rings is 1. The summed E-state index contributed by atoms with van der Waals surface area (Å²) < 4.78 is 5.56. The molecule has 0 saturated carbocycles. The van der Waals surface area contributed by atoms with Crippen molar-refractivity contribution in [3.8, 4) is 0 Å². The number of aromatic nitrogens is 2. The molecule has 1 atom stereocenters. The van der Waals surface area contributed by atoms with Gasteiger partial charge in [0.25, 0.3) is 6.47 Å². The van der Waals surface area contributed by atoms with E-state index in [1.165, 1.54) is 11.3 Å². The molecule has 0 spiro atoms. The number of hydrogen-bond acceptors (Lipinski definition) is 7. The molecule has 0 radical (unpaired) electrons. The Kier molecular flexibility index (Phi) is 9.88. The summed E-state index contributed by atoms with van der Waals surface area (Å²) in [6.45, 7) is 3.56. The first-order valence-electron chi connectivity index (χ1n) is 9.69. The molecule has 0 aliphatic carbocycles. The standard InChI is InChI=1S/C19H24N4O3S.CH2O2/c1-2-6-16-21-22-19(27-16)23-12-15(11-17(23)24)18(25)20-9-10-26-13-14-7-4-3-5-8-14;2-1-3/h3-5,7-8,15H,2,6,9-13H2,1H3,(H,20,25);1H,(H,2,3). The fourth-order valence-corrected chi connectivity index (χ4v) is 3.86. The number of carbonyl (C=O) groups is 3. The first kappa shape index (κ1) is 23.4. The topological polar surface area (TPSA) is 122 Å². The molecule has 1 saturated heterocycles. The second kappa shape index (κ2) is 12.7. The molecule has 1 aromatic carbocycles. The van der Waals surface area contributed by atoms with E-state index in [2.05, 4.69) is 22.4 Å². The van der Waals surface area contributed by atoms with Crippen LogP contribution in [0.2, 0.25) is 0 Å². The van der Waals surface area contributed by atoms with Gasteiger partial charge in [0, 0.05) is 25.9 Å². The smallest absolute Gasteiger partial charge is 0.290 e. The van der Waals surface area contributed by atoms with Crippen molar-refractivity contribution in [2.75, 3.05) is 24.6 Å². The van der Waals surface area contributed by atoms with E-state index in [1.807, 2.05) is 30.3 Å². The maximum atomic E-state index is 12.3. The lowest BCUT2D eigenvalue weighted by Gasteiger charge is -2.12. The van der Waals surface area contributed by atoms with E-state index in [1.54, 1.807) is 4.90 Å². The normalized spacial score (nSPS) is 15.4. The first-order chi connectivity index (χ1) is 14.6. The van der Waals surface area contributed by atoms with Gasteiger partial charge in [-0.3, -0.25) is 19.3 Å². The lowest BCUT2D eigenvalue weighted by atomic mass is 10.1. The van der Waals surface area contributed by atoms with Crippen molar-refractivity contribution in [2.24, 2.45) is 5.92 Å². The highest BCUT2D eigenvalue weighted by molar-refractivity contribution is 7.15. The maximum absolute atomic E-state index is 12.3. The summed E-state index contributed by atoms with van der Waals surface area (Å²) in [6.07, 6.45) is 2.05. The second-order valence-electron chi connectivity index (χ2n) is 6.57. The van der Waals surface area contributed by atoms with Gasteiger partial charge in [0.2, 0.25) is 16.9 Å². The predicted molar refractivity (Wildman–Crippen MR) is 112 cm³/mol. The molecule has 2 N–H and O–H groups in total. The maximum Gasteiger partial charge on any atom is 0.290 e. The third-order valence-corrected chi connectivity index (χ3v) is 5.31. The van der Waals surface area contributed by atoms with E-state index >= 15 is 0 Å². The fourth-order valence-electron chi connectivity index (χ4n) is 2.89. The van der Waals surface area contributed by atoms with Gasteiger partial charge in [0.1, 0.15) is 5.01 Å². The number of hydrogen-bond donors (Lipinski definition) is 2. The van der Waals surface area contributed by atoms with Gasteiger partial charge in [0.05, 0.1) is 19.1 Å². The molecule has 30 heavy (non-hydrogen) atoms. The third kappa shape index (κ3) is 7.20. The average Bonchev–Trinajstić information content (AvgIpc) is 3.36. The van der Waals surface area contributed by atoms with E-state index in [-0.39, 0.29) is 30.6 Å². The minimum Gasteiger partial charge on any atom is -0.483 e. The number of anilines is 1. The highest BCUT2D eigenvalue weighted by Gasteiger charge is 2.36. The lowest BCUT2D eigenvalue weighted by Crippen LogP contribution is -2.34. The fraction of sp³-hybridized carbons (Fsp3) is 0.450. The van der Waals surface area contributed by atoms with Crippen molar-refractivity contribution in [2.45, 2.75) is 32.8 Å². The van der Waals surface area contributed by atoms with Gasteiger partial charge >= 0.3 is 0 Å². The second-order valence-corrected chi connectivity index (χ2v) is 7.61. The number of carbonyl (C=O) groups excluding carboxylic acids is 2. The highest BCUT2D eigenvalue weighted by atomic mass is 32.1. The number of nitrogens with zero attached hydrogens (tertiary/aromatic N) is 3. The van der Waals surface area contributed by atoms with Gasteiger partial charge in [-0.05, 0) is 12.0 Å². The quantitative estimate of drug-likeness (QED) is 0.456. The molecule has 1 fully saturated rings. The summed E-state index contributed by atoms with van der Waals surface area (Å²) in [6, 6.07) is 9.88. The van der Waals surface area contributed by atoms with Crippen LogP contribution in [0.15, 0.2) is 30.3 Å². The summed E-state index contributed by atoms with van der Waals surface area (Å²) in [7, 11) is 0. The third-order valence-electron chi connectivity index (χ3n) is 4.30. The van der Waals surface area contributed by atoms with Gasteiger partial charge in [-0.2, -0.15) is 0 Å². The molecule has 1 aliphatic heterocycles. The summed E-state index contributed by atoms with van der Waals surface area (Å²) in [5.74, 6) is -0.549. The van der Waals surface area contributed by atoms with Crippen molar-refractivity contribution >= 4 is 34.8 Å². The van der Waals surface area contributed by atoms with E-state index < -0.39 is 0 Å². The number of ether oxygens (including phenoxy) is 1. The Bertz CT molecular complexity index is 815. The molecular weight excluding hydrogens is 408 g/mol. The molecule has 2 heterocycles. The Labute approximate surface area is 179 Å². The summed E-state index contributed by atoms with van der Waals surface area (Å²) >= 11 is 1.43. The Morgan fingerprint density at radius 3 is 2.80 bits per heavy atom. The van der Waals surface area contributed by atoms with Gasteiger partial charge in [0.15, 0.2) is 0 Å². The van der Waals surface area contributed by atoms with Crippen LogP contribution in [0.25, 0.3) is 0 Å². The lowest BCUT2D eigenvalue weighted by molar-refractivity contribution is -0.126. The monoisotopic (exact) mass is 434 g/mol. The van der Waals surface area contributed by atoms with Crippen molar-refractivity contribution in [1.82, 2.24) is 15.5 Å². The van der Waals surface area contributed by atoms with E-state index in [0.717, 1.165) is 23.4 Å². The molecule has 9 nitrogen and oxygen atoms in total. The predicted octanol–water partition coefficient (Wildman–Crippen LogP) is 1.88.